The Bertz CT molecular complexity index is 668. The SMILES string of the molecule is CC1(C)Cc2sc(N3CCNCC3)nc2-c2ccccc21. The van der Waals surface area contributed by atoms with Crippen molar-refractivity contribution in [3.05, 3.63) is 34.7 Å². The summed E-state index contributed by atoms with van der Waals surface area (Å²) < 4.78 is 0. The van der Waals surface area contributed by atoms with E-state index in [9.17, 15) is 0 Å². The number of thiazole rings is 1. The number of aromatic nitrogens is 1. The maximum atomic E-state index is 5.00. The van der Waals surface area contributed by atoms with Crippen LogP contribution < -0.4 is 10.2 Å². The summed E-state index contributed by atoms with van der Waals surface area (Å²) in [6.45, 7) is 8.95. The predicted octanol–water partition coefficient (Wildman–Crippen LogP) is 3.05. The van der Waals surface area contributed by atoms with E-state index >= 15 is 0 Å². The molecule has 2 aromatic rings. The van der Waals surface area contributed by atoms with Crippen molar-refractivity contribution >= 4 is 16.5 Å². The molecule has 0 unspecified atom stereocenters. The maximum Gasteiger partial charge on any atom is 0.186 e. The molecule has 4 heteroatoms. The van der Waals surface area contributed by atoms with Crippen LogP contribution in [-0.4, -0.2) is 31.2 Å². The zero-order valence-corrected chi connectivity index (χ0v) is 13.5. The molecule has 1 N–H and O–H groups in total. The molecule has 1 saturated heterocycles. The van der Waals surface area contributed by atoms with Crippen LogP contribution in [0.25, 0.3) is 11.3 Å². The molecule has 1 aliphatic heterocycles. The molecule has 0 spiro atoms. The van der Waals surface area contributed by atoms with Gasteiger partial charge in [0.1, 0.15) is 0 Å². The van der Waals surface area contributed by atoms with Gasteiger partial charge in [0.25, 0.3) is 0 Å². The molecule has 21 heavy (non-hydrogen) atoms. The lowest BCUT2D eigenvalue weighted by Crippen LogP contribution is -2.43. The molecule has 0 bridgehead atoms. The van der Waals surface area contributed by atoms with E-state index in [0.717, 1.165) is 32.6 Å². The third-order valence-electron chi connectivity index (χ3n) is 4.59. The number of anilines is 1. The maximum absolute atomic E-state index is 5.00. The lowest BCUT2D eigenvalue weighted by molar-refractivity contribution is 0.521. The second-order valence-electron chi connectivity index (χ2n) is 6.61. The van der Waals surface area contributed by atoms with E-state index in [2.05, 4.69) is 48.3 Å². The summed E-state index contributed by atoms with van der Waals surface area (Å²) in [7, 11) is 0. The van der Waals surface area contributed by atoms with E-state index < -0.39 is 0 Å². The molecule has 1 aliphatic carbocycles. The Labute approximate surface area is 130 Å². The van der Waals surface area contributed by atoms with Crippen molar-refractivity contribution in [3.8, 4) is 11.3 Å². The fraction of sp³-hybridized carbons (Fsp3) is 0.471. The number of rotatable bonds is 1. The van der Waals surface area contributed by atoms with Gasteiger partial charge in [-0.25, -0.2) is 4.98 Å². The predicted molar refractivity (Wildman–Crippen MR) is 89.4 cm³/mol. The van der Waals surface area contributed by atoms with E-state index in [4.69, 9.17) is 4.98 Å². The Morgan fingerprint density at radius 1 is 1.19 bits per heavy atom. The molecule has 110 valence electrons. The lowest BCUT2D eigenvalue weighted by atomic mass is 9.74. The Morgan fingerprint density at radius 2 is 1.95 bits per heavy atom. The average Bonchev–Trinajstić information content (AvgIpc) is 2.91. The van der Waals surface area contributed by atoms with Crippen LogP contribution in [0.4, 0.5) is 5.13 Å². The summed E-state index contributed by atoms with van der Waals surface area (Å²) in [5.74, 6) is 0. The van der Waals surface area contributed by atoms with E-state index in [1.165, 1.54) is 26.8 Å². The zero-order valence-electron chi connectivity index (χ0n) is 12.6. The van der Waals surface area contributed by atoms with E-state index in [1.54, 1.807) is 0 Å². The van der Waals surface area contributed by atoms with Gasteiger partial charge in [0.2, 0.25) is 0 Å². The van der Waals surface area contributed by atoms with Crippen molar-refractivity contribution in [3.63, 3.8) is 0 Å². The Morgan fingerprint density at radius 3 is 2.76 bits per heavy atom. The van der Waals surface area contributed by atoms with Gasteiger partial charge in [-0.15, -0.1) is 11.3 Å². The Hall–Kier alpha value is -1.39. The lowest BCUT2D eigenvalue weighted by Gasteiger charge is -2.31. The molecule has 2 aliphatic rings. The van der Waals surface area contributed by atoms with Crippen molar-refractivity contribution in [2.75, 3.05) is 31.1 Å². The Balaban J connectivity index is 1.79. The minimum Gasteiger partial charge on any atom is -0.346 e. The van der Waals surface area contributed by atoms with Gasteiger partial charge in [0.15, 0.2) is 5.13 Å². The van der Waals surface area contributed by atoms with Crippen LogP contribution in [0, 0.1) is 0 Å². The van der Waals surface area contributed by atoms with E-state index in [-0.39, 0.29) is 5.41 Å². The highest BCUT2D eigenvalue weighted by atomic mass is 32.1. The van der Waals surface area contributed by atoms with Crippen molar-refractivity contribution in [2.24, 2.45) is 0 Å². The number of hydrogen-bond donors (Lipinski definition) is 1. The molecule has 0 saturated carbocycles. The zero-order chi connectivity index (χ0) is 14.4. The van der Waals surface area contributed by atoms with Gasteiger partial charge < -0.3 is 10.2 Å². The quantitative estimate of drug-likeness (QED) is 0.877. The van der Waals surface area contributed by atoms with Crippen molar-refractivity contribution in [2.45, 2.75) is 25.7 Å². The number of fused-ring (bicyclic) bond motifs is 3. The first-order valence-electron chi connectivity index (χ1n) is 7.70. The molecule has 1 fully saturated rings. The summed E-state index contributed by atoms with van der Waals surface area (Å²) >= 11 is 1.89. The van der Waals surface area contributed by atoms with Crippen LogP contribution in [-0.2, 0) is 11.8 Å². The van der Waals surface area contributed by atoms with E-state index in [0.29, 0.717) is 0 Å². The van der Waals surface area contributed by atoms with Gasteiger partial charge in [-0.2, -0.15) is 0 Å². The molecular formula is C17H21N3S. The molecule has 0 amide bonds. The van der Waals surface area contributed by atoms with Gasteiger partial charge in [0.05, 0.1) is 5.69 Å². The van der Waals surface area contributed by atoms with Gasteiger partial charge in [0, 0.05) is 36.6 Å². The summed E-state index contributed by atoms with van der Waals surface area (Å²) in [6.07, 6.45) is 1.10. The van der Waals surface area contributed by atoms with Gasteiger partial charge in [-0.1, -0.05) is 38.1 Å². The van der Waals surface area contributed by atoms with Gasteiger partial charge >= 0.3 is 0 Å². The highest BCUT2D eigenvalue weighted by molar-refractivity contribution is 7.16. The van der Waals surface area contributed by atoms with Crippen molar-refractivity contribution < 1.29 is 0 Å². The largest absolute Gasteiger partial charge is 0.346 e. The minimum absolute atomic E-state index is 0.205. The first-order valence-corrected chi connectivity index (χ1v) is 8.52. The standard InChI is InChI=1S/C17H21N3S/c1-17(2)11-14-15(12-5-3-4-6-13(12)17)19-16(21-14)20-9-7-18-8-10-20/h3-6,18H,7-11H2,1-2H3. The van der Waals surface area contributed by atoms with Crippen molar-refractivity contribution in [1.82, 2.24) is 10.3 Å². The smallest absolute Gasteiger partial charge is 0.186 e. The summed E-state index contributed by atoms with van der Waals surface area (Å²) in [5, 5.41) is 4.61. The third kappa shape index (κ3) is 2.17. The molecule has 1 aromatic carbocycles. The number of hydrogen-bond acceptors (Lipinski definition) is 4. The fourth-order valence-corrected chi connectivity index (χ4v) is 4.79. The van der Waals surface area contributed by atoms with Crippen molar-refractivity contribution in [1.29, 1.82) is 0 Å². The second-order valence-corrected chi connectivity index (χ2v) is 7.67. The summed E-state index contributed by atoms with van der Waals surface area (Å²) in [5.41, 5.74) is 4.20. The summed E-state index contributed by atoms with van der Waals surface area (Å²) in [4.78, 5) is 8.87. The van der Waals surface area contributed by atoms with Crippen LogP contribution in [0.3, 0.4) is 0 Å². The molecule has 3 nitrogen and oxygen atoms in total. The number of benzene rings is 1. The first kappa shape index (κ1) is 13.3. The van der Waals surface area contributed by atoms with Crippen LogP contribution in [0.1, 0.15) is 24.3 Å². The number of nitrogens with zero attached hydrogens (tertiary/aromatic N) is 2. The van der Waals surface area contributed by atoms with Crippen LogP contribution in [0.5, 0.6) is 0 Å². The molecule has 0 radical (unpaired) electrons. The average molecular weight is 299 g/mol. The highest BCUT2D eigenvalue weighted by Gasteiger charge is 2.33. The minimum atomic E-state index is 0.205. The third-order valence-corrected chi connectivity index (χ3v) is 5.70. The normalized spacial score (nSPS) is 20.0. The highest BCUT2D eigenvalue weighted by Crippen LogP contribution is 2.46. The van der Waals surface area contributed by atoms with Crippen LogP contribution in [0.15, 0.2) is 24.3 Å². The second kappa shape index (κ2) is 4.82. The summed E-state index contributed by atoms with van der Waals surface area (Å²) in [6, 6.07) is 8.78. The molecule has 0 atom stereocenters. The fourth-order valence-electron chi connectivity index (χ4n) is 3.44. The molecule has 4 rings (SSSR count). The van der Waals surface area contributed by atoms with Gasteiger partial charge in [-0.05, 0) is 17.4 Å². The van der Waals surface area contributed by atoms with Gasteiger partial charge in [-0.3, -0.25) is 0 Å². The Kier molecular flexibility index (Phi) is 3.05. The molecular weight excluding hydrogens is 278 g/mol. The number of piperazine rings is 1. The number of nitrogens with one attached hydrogen (secondary N) is 1. The van der Waals surface area contributed by atoms with Crippen LogP contribution in [0.2, 0.25) is 0 Å². The monoisotopic (exact) mass is 299 g/mol. The van der Waals surface area contributed by atoms with Crippen LogP contribution >= 0.6 is 11.3 Å². The first-order chi connectivity index (χ1) is 10.1. The molecule has 2 heterocycles. The molecule has 1 aromatic heterocycles. The van der Waals surface area contributed by atoms with E-state index in [1.807, 2.05) is 11.3 Å². The topological polar surface area (TPSA) is 28.2 Å².